The number of hydrogen-bond acceptors (Lipinski definition) is 3. The first-order valence-electron chi connectivity index (χ1n) is 10.1. The molecule has 0 radical (unpaired) electrons. The molecule has 5 nitrogen and oxygen atoms in total. The number of nitrogens with two attached hydrogens (primary N) is 1. The monoisotopic (exact) mass is 431 g/mol. The van der Waals surface area contributed by atoms with Crippen molar-refractivity contribution in [3.8, 4) is 11.1 Å². The molecule has 0 atom stereocenters. The van der Waals surface area contributed by atoms with Crippen molar-refractivity contribution < 1.29 is 0 Å². The Morgan fingerprint density at radius 1 is 0.594 bits per heavy atom. The topological polar surface area (TPSA) is 83.4 Å². The molecule has 6 rings (SSSR count). The molecule has 3 aromatic heterocycles. The minimum Gasteiger partial charge on any atom is -0.396 e. The summed E-state index contributed by atoms with van der Waals surface area (Å²) in [5.74, 6) is 0. The zero-order valence-electron chi connectivity index (χ0n) is 16.6. The molecule has 0 amide bonds. The second-order valence-corrected chi connectivity index (χ2v) is 7.64. The molecule has 6 heteroatoms. The van der Waals surface area contributed by atoms with E-state index in [0.29, 0.717) is 5.69 Å². The number of benzene rings is 1. The summed E-state index contributed by atoms with van der Waals surface area (Å²) in [5.41, 5.74) is 16.6. The average Bonchev–Trinajstić information content (AvgIpc) is 3.55. The van der Waals surface area contributed by atoms with Crippen LogP contribution in [0, 0.1) is 0 Å². The summed E-state index contributed by atoms with van der Waals surface area (Å²) in [5, 5.41) is 0. The minimum absolute atomic E-state index is 0. The van der Waals surface area contributed by atoms with Crippen molar-refractivity contribution in [3.05, 3.63) is 89.5 Å². The standard InChI is InChI=1S/C26H19N5.Al.3H/c27-26-24-15-22-11-9-20(30-22)13-18-7-6-17(28-18)12-19-8-10-21(29-19)14-23(31-24)25(26)16-4-2-1-3-5-16;;;;/h1-15,28,31H,27H2;;;;. The number of anilines is 1. The predicted octanol–water partition coefficient (Wildman–Crippen LogP) is 4.72. The van der Waals surface area contributed by atoms with Crippen LogP contribution in [-0.4, -0.2) is 37.3 Å². The van der Waals surface area contributed by atoms with E-state index >= 15 is 0 Å². The van der Waals surface area contributed by atoms with E-state index in [1.165, 1.54) is 0 Å². The van der Waals surface area contributed by atoms with Crippen molar-refractivity contribution in [1.29, 1.82) is 0 Å². The first kappa shape index (κ1) is 20.1. The van der Waals surface area contributed by atoms with Gasteiger partial charge in [0.1, 0.15) is 0 Å². The molecule has 0 spiro atoms. The third-order valence-corrected chi connectivity index (χ3v) is 5.45. The number of aromatic amines is 2. The van der Waals surface area contributed by atoms with Gasteiger partial charge in [0.2, 0.25) is 0 Å². The highest BCUT2D eigenvalue weighted by molar-refractivity contribution is 5.99. The Morgan fingerprint density at radius 2 is 1.12 bits per heavy atom. The number of nitrogens with one attached hydrogen (secondary N) is 2. The molecule has 0 saturated heterocycles. The van der Waals surface area contributed by atoms with Crippen LogP contribution in [0.4, 0.5) is 5.69 Å². The summed E-state index contributed by atoms with van der Waals surface area (Å²) in [6.07, 6.45) is 8.03. The fourth-order valence-electron chi connectivity index (χ4n) is 4.02. The molecule has 154 valence electrons. The van der Waals surface area contributed by atoms with Crippen LogP contribution in [-0.2, 0) is 0 Å². The van der Waals surface area contributed by atoms with E-state index in [1.807, 2.05) is 78.9 Å². The Balaban J connectivity index is 0.00000216. The van der Waals surface area contributed by atoms with Crippen LogP contribution >= 0.6 is 0 Å². The van der Waals surface area contributed by atoms with Gasteiger partial charge in [0.25, 0.3) is 0 Å². The highest BCUT2D eigenvalue weighted by Gasteiger charge is 2.12. The zero-order chi connectivity index (χ0) is 20.8. The second kappa shape index (κ2) is 8.01. The summed E-state index contributed by atoms with van der Waals surface area (Å²) in [4.78, 5) is 16.4. The van der Waals surface area contributed by atoms with Gasteiger partial charge in [-0.2, -0.15) is 0 Å². The molecule has 8 bridgehead atoms. The second-order valence-electron chi connectivity index (χ2n) is 7.64. The van der Waals surface area contributed by atoms with Gasteiger partial charge in [-0.25, -0.2) is 9.97 Å². The molecular formula is C26H22AlN5. The van der Waals surface area contributed by atoms with Crippen molar-refractivity contribution >= 4 is 69.4 Å². The third-order valence-electron chi connectivity index (χ3n) is 5.45. The van der Waals surface area contributed by atoms with E-state index in [2.05, 4.69) is 22.1 Å². The fourth-order valence-corrected chi connectivity index (χ4v) is 4.02. The molecule has 4 N–H and O–H groups in total. The smallest absolute Gasteiger partial charge is 0.187 e. The molecule has 1 aromatic carbocycles. The van der Waals surface area contributed by atoms with Crippen LogP contribution < -0.4 is 5.73 Å². The summed E-state index contributed by atoms with van der Waals surface area (Å²) in [7, 11) is 0. The SMILES string of the molecule is Nc1c(-c2ccccc2)c2cc3nc(cc4ccc(cc5nc(cc1[nH]2)C=C5)[nH]4)C=C3.[AlH3]. The van der Waals surface area contributed by atoms with E-state index < -0.39 is 0 Å². The first-order valence-corrected chi connectivity index (χ1v) is 10.1. The zero-order valence-corrected chi connectivity index (χ0v) is 16.6. The van der Waals surface area contributed by atoms with Crippen molar-refractivity contribution in [1.82, 2.24) is 19.9 Å². The number of fused-ring (bicyclic) bond motifs is 8. The Hall–Kier alpha value is -3.85. The summed E-state index contributed by atoms with van der Waals surface area (Å²) in [6, 6.07) is 22.3. The van der Waals surface area contributed by atoms with E-state index in [0.717, 1.165) is 56.0 Å². The Labute approximate surface area is 195 Å². The van der Waals surface area contributed by atoms with Crippen LogP contribution in [0.5, 0.6) is 0 Å². The van der Waals surface area contributed by atoms with Gasteiger partial charge in [-0.05, 0) is 66.3 Å². The van der Waals surface area contributed by atoms with Gasteiger partial charge >= 0.3 is 0 Å². The molecule has 0 aliphatic carbocycles. The lowest BCUT2D eigenvalue weighted by Gasteiger charge is -2.00. The number of hydrogen-bond donors (Lipinski definition) is 3. The molecule has 0 unspecified atom stereocenters. The Kier molecular flexibility index (Phi) is 5.03. The lowest BCUT2D eigenvalue weighted by molar-refractivity contribution is 1.31. The maximum Gasteiger partial charge on any atom is 0.187 e. The summed E-state index contributed by atoms with van der Waals surface area (Å²) in [6.45, 7) is 0. The molecule has 5 heterocycles. The highest BCUT2D eigenvalue weighted by atomic mass is 27.0. The molecule has 2 aliphatic rings. The summed E-state index contributed by atoms with van der Waals surface area (Å²) >= 11 is 0. The number of nitrogen functional groups attached to an aromatic ring is 1. The molecule has 2 aliphatic heterocycles. The fraction of sp³-hybridized carbons (Fsp3) is 0. The average molecular weight is 431 g/mol. The largest absolute Gasteiger partial charge is 0.396 e. The predicted molar refractivity (Wildman–Crippen MR) is 139 cm³/mol. The third kappa shape index (κ3) is 3.67. The van der Waals surface area contributed by atoms with Crippen molar-refractivity contribution in [3.63, 3.8) is 0 Å². The molecule has 0 saturated carbocycles. The van der Waals surface area contributed by atoms with E-state index in [9.17, 15) is 0 Å². The number of H-pyrrole nitrogens is 2. The Morgan fingerprint density at radius 3 is 1.72 bits per heavy atom. The molecule has 0 fully saturated rings. The first-order chi connectivity index (χ1) is 15.2. The van der Waals surface area contributed by atoms with Gasteiger partial charge in [0.15, 0.2) is 17.4 Å². The number of aromatic nitrogens is 4. The van der Waals surface area contributed by atoms with Crippen molar-refractivity contribution in [2.45, 2.75) is 0 Å². The number of nitrogens with zero attached hydrogens (tertiary/aromatic N) is 2. The van der Waals surface area contributed by atoms with Crippen LogP contribution in [0.15, 0.2) is 66.7 Å². The molecule has 4 aromatic rings. The van der Waals surface area contributed by atoms with Gasteiger partial charge in [-0.1, -0.05) is 30.3 Å². The molecule has 32 heavy (non-hydrogen) atoms. The normalized spacial score (nSPS) is 12.0. The van der Waals surface area contributed by atoms with Gasteiger partial charge in [-0.15, -0.1) is 0 Å². The van der Waals surface area contributed by atoms with Crippen LogP contribution in [0.3, 0.4) is 0 Å². The van der Waals surface area contributed by atoms with Gasteiger partial charge in [0, 0.05) is 16.6 Å². The van der Waals surface area contributed by atoms with Crippen molar-refractivity contribution in [2.24, 2.45) is 0 Å². The van der Waals surface area contributed by atoms with E-state index in [1.54, 1.807) is 0 Å². The summed E-state index contributed by atoms with van der Waals surface area (Å²) < 4.78 is 0. The maximum atomic E-state index is 6.62. The highest BCUT2D eigenvalue weighted by Crippen LogP contribution is 2.34. The van der Waals surface area contributed by atoms with E-state index in [4.69, 9.17) is 15.7 Å². The molecular weight excluding hydrogens is 409 g/mol. The van der Waals surface area contributed by atoms with Crippen LogP contribution in [0.25, 0.3) is 57.5 Å². The van der Waals surface area contributed by atoms with Gasteiger partial charge in [-0.3, -0.25) is 0 Å². The van der Waals surface area contributed by atoms with Gasteiger partial charge < -0.3 is 15.7 Å². The van der Waals surface area contributed by atoms with Crippen molar-refractivity contribution in [2.75, 3.05) is 5.73 Å². The van der Waals surface area contributed by atoms with Crippen LogP contribution in [0.2, 0.25) is 0 Å². The van der Waals surface area contributed by atoms with E-state index in [-0.39, 0.29) is 17.4 Å². The minimum atomic E-state index is 0. The van der Waals surface area contributed by atoms with Gasteiger partial charge in [0.05, 0.1) is 39.5 Å². The lowest BCUT2D eigenvalue weighted by atomic mass is 10.1. The van der Waals surface area contributed by atoms with Crippen LogP contribution in [0.1, 0.15) is 22.8 Å². The quantitative estimate of drug-likeness (QED) is 0.330. The maximum absolute atomic E-state index is 6.62. The number of rotatable bonds is 1. The Bertz CT molecular complexity index is 1540. The lowest BCUT2D eigenvalue weighted by Crippen LogP contribution is -1.86.